The van der Waals surface area contributed by atoms with Crippen molar-refractivity contribution < 1.29 is 4.74 Å². The maximum absolute atomic E-state index is 6.02. The Morgan fingerprint density at radius 1 is 1.40 bits per heavy atom. The van der Waals surface area contributed by atoms with E-state index in [2.05, 4.69) is 5.32 Å². The van der Waals surface area contributed by atoms with E-state index in [0.717, 1.165) is 30.8 Å². The van der Waals surface area contributed by atoms with E-state index in [-0.39, 0.29) is 5.54 Å². The lowest BCUT2D eigenvalue weighted by atomic mass is 10.2. The molecule has 3 nitrogen and oxygen atoms in total. The number of anilines is 1. The normalized spacial score (nSPS) is 17.2. The van der Waals surface area contributed by atoms with Gasteiger partial charge in [-0.3, -0.25) is 0 Å². The molecule has 0 aliphatic heterocycles. The van der Waals surface area contributed by atoms with Crippen molar-refractivity contribution in [1.82, 2.24) is 0 Å². The summed E-state index contributed by atoms with van der Waals surface area (Å²) in [5.41, 5.74) is 7.08. The molecule has 0 saturated heterocycles. The first kappa shape index (κ1) is 10.3. The van der Waals surface area contributed by atoms with Gasteiger partial charge in [0.15, 0.2) is 0 Å². The number of nitrogens with one attached hydrogen (secondary N) is 1. The standard InChI is InChI=1S/C12H18N2O/c1-2-15-11-6-4-3-5-10(11)14-9-12(13)7-8-12/h3-6,14H,2,7-9,13H2,1H3. The SMILES string of the molecule is CCOc1ccccc1NCC1(N)CC1. The van der Waals surface area contributed by atoms with Crippen molar-refractivity contribution >= 4 is 5.69 Å². The maximum Gasteiger partial charge on any atom is 0.142 e. The van der Waals surface area contributed by atoms with E-state index in [1.807, 2.05) is 31.2 Å². The van der Waals surface area contributed by atoms with Gasteiger partial charge in [-0.05, 0) is 31.9 Å². The number of nitrogens with two attached hydrogens (primary N) is 1. The van der Waals surface area contributed by atoms with Crippen LogP contribution in [0.1, 0.15) is 19.8 Å². The van der Waals surface area contributed by atoms with E-state index >= 15 is 0 Å². The van der Waals surface area contributed by atoms with Crippen LogP contribution in [0.15, 0.2) is 24.3 Å². The Hall–Kier alpha value is -1.22. The number of ether oxygens (including phenoxy) is 1. The molecule has 1 aliphatic carbocycles. The molecule has 15 heavy (non-hydrogen) atoms. The summed E-state index contributed by atoms with van der Waals surface area (Å²) in [6.45, 7) is 3.51. The van der Waals surface area contributed by atoms with Crippen molar-refractivity contribution in [3.8, 4) is 5.75 Å². The van der Waals surface area contributed by atoms with Crippen LogP contribution in [0.3, 0.4) is 0 Å². The van der Waals surface area contributed by atoms with Crippen LogP contribution < -0.4 is 15.8 Å². The largest absolute Gasteiger partial charge is 0.492 e. The summed E-state index contributed by atoms with van der Waals surface area (Å²) in [5, 5.41) is 3.35. The first-order chi connectivity index (χ1) is 7.23. The van der Waals surface area contributed by atoms with Gasteiger partial charge in [-0.15, -0.1) is 0 Å². The molecule has 1 aromatic carbocycles. The van der Waals surface area contributed by atoms with Crippen LogP contribution in [0.2, 0.25) is 0 Å². The fraction of sp³-hybridized carbons (Fsp3) is 0.500. The lowest BCUT2D eigenvalue weighted by Crippen LogP contribution is -2.31. The van der Waals surface area contributed by atoms with E-state index < -0.39 is 0 Å². The van der Waals surface area contributed by atoms with Crippen LogP contribution in [0.4, 0.5) is 5.69 Å². The van der Waals surface area contributed by atoms with Gasteiger partial charge in [0.05, 0.1) is 12.3 Å². The second kappa shape index (κ2) is 4.11. The number of hydrogen-bond donors (Lipinski definition) is 2. The average molecular weight is 206 g/mol. The summed E-state index contributed by atoms with van der Waals surface area (Å²) in [6, 6.07) is 7.98. The van der Waals surface area contributed by atoms with Crippen LogP contribution in [0.25, 0.3) is 0 Å². The zero-order valence-electron chi connectivity index (χ0n) is 9.12. The molecule has 0 atom stereocenters. The van der Waals surface area contributed by atoms with Gasteiger partial charge in [0.1, 0.15) is 5.75 Å². The second-order valence-corrected chi connectivity index (χ2v) is 4.15. The zero-order valence-corrected chi connectivity index (χ0v) is 9.12. The highest BCUT2D eigenvalue weighted by Gasteiger charge is 2.37. The third-order valence-electron chi connectivity index (χ3n) is 2.71. The Morgan fingerprint density at radius 2 is 2.13 bits per heavy atom. The van der Waals surface area contributed by atoms with Gasteiger partial charge in [-0.1, -0.05) is 12.1 Å². The van der Waals surface area contributed by atoms with Gasteiger partial charge < -0.3 is 15.8 Å². The summed E-state index contributed by atoms with van der Waals surface area (Å²) in [4.78, 5) is 0. The third kappa shape index (κ3) is 2.63. The smallest absolute Gasteiger partial charge is 0.142 e. The molecule has 2 rings (SSSR count). The van der Waals surface area contributed by atoms with Gasteiger partial charge in [0, 0.05) is 12.1 Å². The summed E-state index contributed by atoms with van der Waals surface area (Å²) in [6.07, 6.45) is 2.24. The van der Waals surface area contributed by atoms with Gasteiger partial charge in [0.2, 0.25) is 0 Å². The Kier molecular flexibility index (Phi) is 2.82. The van der Waals surface area contributed by atoms with Crippen molar-refractivity contribution in [1.29, 1.82) is 0 Å². The summed E-state index contributed by atoms with van der Waals surface area (Å²) >= 11 is 0. The Labute approximate surface area is 90.6 Å². The molecule has 0 unspecified atom stereocenters. The van der Waals surface area contributed by atoms with Crippen molar-refractivity contribution in [2.75, 3.05) is 18.5 Å². The molecular formula is C12H18N2O. The molecule has 1 aromatic rings. The van der Waals surface area contributed by atoms with Crippen LogP contribution >= 0.6 is 0 Å². The highest BCUT2D eigenvalue weighted by Crippen LogP contribution is 2.33. The number of hydrogen-bond acceptors (Lipinski definition) is 3. The third-order valence-corrected chi connectivity index (χ3v) is 2.71. The lowest BCUT2D eigenvalue weighted by molar-refractivity contribution is 0.341. The van der Waals surface area contributed by atoms with Gasteiger partial charge in [0.25, 0.3) is 0 Å². The molecule has 1 fully saturated rings. The van der Waals surface area contributed by atoms with Crippen molar-refractivity contribution in [2.45, 2.75) is 25.3 Å². The molecule has 1 saturated carbocycles. The summed E-state index contributed by atoms with van der Waals surface area (Å²) in [7, 11) is 0. The minimum Gasteiger partial charge on any atom is -0.492 e. The molecule has 1 aliphatic rings. The summed E-state index contributed by atoms with van der Waals surface area (Å²) < 4.78 is 5.52. The highest BCUT2D eigenvalue weighted by molar-refractivity contribution is 5.56. The minimum absolute atomic E-state index is 0.0271. The molecular weight excluding hydrogens is 188 g/mol. The quantitative estimate of drug-likeness (QED) is 0.774. The van der Waals surface area contributed by atoms with Crippen LogP contribution in [-0.2, 0) is 0 Å². The molecule has 0 aromatic heterocycles. The molecule has 0 heterocycles. The monoisotopic (exact) mass is 206 g/mol. The average Bonchev–Trinajstić information content (AvgIpc) is 2.97. The van der Waals surface area contributed by atoms with Crippen molar-refractivity contribution in [2.24, 2.45) is 5.73 Å². The van der Waals surface area contributed by atoms with E-state index in [0.29, 0.717) is 6.61 Å². The fourth-order valence-electron chi connectivity index (χ4n) is 1.50. The Bertz CT molecular complexity index is 334. The number of rotatable bonds is 5. The van der Waals surface area contributed by atoms with E-state index in [1.165, 1.54) is 0 Å². The summed E-state index contributed by atoms with van der Waals surface area (Å²) in [5.74, 6) is 0.907. The molecule has 0 amide bonds. The van der Waals surface area contributed by atoms with E-state index in [1.54, 1.807) is 0 Å². The zero-order chi connectivity index (χ0) is 10.7. The predicted octanol–water partition coefficient (Wildman–Crippen LogP) is 1.99. The molecule has 82 valence electrons. The molecule has 0 bridgehead atoms. The van der Waals surface area contributed by atoms with Crippen LogP contribution in [-0.4, -0.2) is 18.7 Å². The van der Waals surface area contributed by atoms with Crippen molar-refractivity contribution in [3.63, 3.8) is 0 Å². The Balaban J connectivity index is 1.99. The van der Waals surface area contributed by atoms with E-state index in [9.17, 15) is 0 Å². The highest BCUT2D eigenvalue weighted by atomic mass is 16.5. The molecule has 3 heteroatoms. The number of para-hydroxylation sites is 2. The topological polar surface area (TPSA) is 47.3 Å². The van der Waals surface area contributed by atoms with Crippen LogP contribution in [0, 0.1) is 0 Å². The molecule has 0 spiro atoms. The fourth-order valence-corrected chi connectivity index (χ4v) is 1.50. The lowest BCUT2D eigenvalue weighted by Gasteiger charge is -2.14. The second-order valence-electron chi connectivity index (χ2n) is 4.15. The Morgan fingerprint density at radius 3 is 2.80 bits per heavy atom. The number of benzene rings is 1. The van der Waals surface area contributed by atoms with Crippen LogP contribution in [0.5, 0.6) is 5.75 Å². The molecule has 3 N–H and O–H groups in total. The van der Waals surface area contributed by atoms with Crippen molar-refractivity contribution in [3.05, 3.63) is 24.3 Å². The first-order valence-electron chi connectivity index (χ1n) is 5.48. The maximum atomic E-state index is 6.02. The predicted molar refractivity (Wildman–Crippen MR) is 62.3 cm³/mol. The van der Waals surface area contributed by atoms with Gasteiger partial charge in [-0.2, -0.15) is 0 Å². The minimum atomic E-state index is 0.0271. The molecule has 0 radical (unpaired) electrons. The van der Waals surface area contributed by atoms with Gasteiger partial charge >= 0.3 is 0 Å². The van der Waals surface area contributed by atoms with Gasteiger partial charge in [-0.25, -0.2) is 0 Å². The van der Waals surface area contributed by atoms with E-state index in [4.69, 9.17) is 10.5 Å². The first-order valence-corrected chi connectivity index (χ1v) is 5.48.